The summed E-state index contributed by atoms with van der Waals surface area (Å²) in [6.07, 6.45) is 0. The molecule has 0 fully saturated rings. The zero-order valence-corrected chi connectivity index (χ0v) is 14.5. The van der Waals surface area contributed by atoms with Crippen molar-refractivity contribution in [2.75, 3.05) is 6.61 Å². The Balaban J connectivity index is 1.49. The predicted octanol–water partition coefficient (Wildman–Crippen LogP) is 3.70. The fourth-order valence-electron chi connectivity index (χ4n) is 2.03. The van der Waals surface area contributed by atoms with Crippen molar-refractivity contribution in [3.8, 4) is 17.2 Å². The van der Waals surface area contributed by atoms with Gasteiger partial charge in [0.1, 0.15) is 17.3 Å². The molecule has 1 amide bonds. The van der Waals surface area contributed by atoms with Crippen LogP contribution in [0, 0.1) is 6.92 Å². The summed E-state index contributed by atoms with van der Waals surface area (Å²) < 4.78 is 16.8. The van der Waals surface area contributed by atoms with Crippen molar-refractivity contribution in [1.82, 2.24) is 10.5 Å². The van der Waals surface area contributed by atoms with Crippen molar-refractivity contribution < 1.29 is 18.5 Å². The molecule has 3 aromatic rings. The number of nitrogens with zero attached hydrogens (tertiary/aromatic N) is 1. The molecule has 0 aliphatic rings. The Labute approximate surface area is 146 Å². The molecule has 0 spiro atoms. The molecule has 0 saturated carbocycles. The van der Waals surface area contributed by atoms with Crippen molar-refractivity contribution in [3.05, 3.63) is 58.5 Å². The number of carbonyl (C=O) groups is 1. The fraction of sp³-hybridized carbons (Fsp3) is 0.176. The van der Waals surface area contributed by atoms with Gasteiger partial charge in [0, 0.05) is 16.1 Å². The summed E-state index contributed by atoms with van der Waals surface area (Å²) in [6.45, 7) is 1.91. The molecule has 1 aromatic carbocycles. The minimum atomic E-state index is -0.266. The smallest absolute Gasteiger partial charge is 0.258 e. The Morgan fingerprint density at radius 1 is 1.25 bits per heavy atom. The third-order valence-corrected chi connectivity index (χ3v) is 3.74. The molecule has 7 heteroatoms. The van der Waals surface area contributed by atoms with Crippen molar-refractivity contribution in [3.63, 3.8) is 0 Å². The maximum absolute atomic E-state index is 11.8. The quantitative estimate of drug-likeness (QED) is 0.694. The van der Waals surface area contributed by atoms with E-state index in [0.29, 0.717) is 11.5 Å². The molecular weight excluding hydrogens is 376 g/mol. The monoisotopic (exact) mass is 390 g/mol. The van der Waals surface area contributed by atoms with Gasteiger partial charge in [-0.1, -0.05) is 28.1 Å². The molecule has 0 bridgehead atoms. The predicted molar refractivity (Wildman–Crippen MR) is 90.4 cm³/mol. The molecule has 1 N–H and O–H groups in total. The van der Waals surface area contributed by atoms with Crippen molar-refractivity contribution in [2.24, 2.45) is 0 Å². The molecule has 0 aliphatic carbocycles. The SMILES string of the molecule is Cc1cc(OCC(=O)NCc2ccc(-c3ccc(Br)cc3)o2)no1. The van der Waals surface area contributed by atoms with Crippen LogP contribution in [-0.2, 0) is 11.3 Å². The molecule has 0 saturated heterocycles. The number of hydrogen-bond donors (Lipinski definition) is 1. The highest BCUT2D eigenvalue weighted by molar-refractivity contribution is 9.10. The van der Waals surface area contributed by atoms with E-state index in [0.717, 1.165) is 15.8 Å². The molecule has 124 valence electrons. The molecule has 24 heavy (non-hydrogen) atoms. The van der Waals surface area contributed by atoms with Crippen molar-refractivity contribution >= 4 is 21.8 Å². The lowest BCUT2D eigenvalue weighted by Gasteiger charge is -2.03. The minimum absolute atomic E-state index is 0.133. The fourth-order valence-corrected chi connectivity index (χ4v) is 2.29. The number of carbonyl (C=O) groups excluding carboxylic acids is 1. The summed E-state index contributed by atoms with van der Waals surface area (Å²) in [5, 5.41) is 6.38. The van der Waals surface area contributed by atoms with Crippen LogP contribution in [0.25, 0.3) is 11.3 Å². The number of furan rings is 1. The number of nitrogens with one attached hydrogen (secondary N) is 1. The lowest BCUT2D eigenvalue weighted by Crippen LogP contribution is -2.28. The van der Waals surface area contributed by atoms with Crippen LogP contribution < -0.4 is 10.1 Å². The second kappa shape index (κ2) is 7.35. The first-order chi connectivity index (χ1) is 11.6. The molecular formula is C17H15BrN2O4. The first-order valence-corrected chi connectivity index (χ1v) is 8.07. The maximum atomic E-state index is 11.8. The van der Waals surface area contributed by atoms with Crippen LogP contribution in [-0.4, -0.2) is 17.7 Å². The van der Waals surface area contributed by atoms with Gasteiger partial charge < -0.3 is 19.0 Å². The normalized spacial score (nSPS) is 10.6. The van der Waals surface area contributed by atoms with Gasteiger partial charge in [0.2, 0.25) is 0 Å². The second-order valence-electron chi connectivity index (χ2n) is 5.11. The summed E-state index contributed by atoms with van der Waals surface area (Å²) in [7, 11) is 0. The number of aryl methyl sites for hydroxylation is 1. The summed E-state index contributed by atoms with van der Waals surface area (Å²) in [6, 6.07) is 13.1. The van der Waals surface area contributed by atoms with E-state index in [-0.39, 0.29) is 24.9 Å². The topological polar surface area (TPSA) is 77.5 Å². The van der Waals surface area contributed by atoms with Gasteiger partial charge >= 0.3 is 0 Å². The number of hydrogen-bond acceptors (Lipinski definition) is 5. The Bertz CT molecular complexity index is 823. The molecule has 0 unspecified atom stereocenters. The van der Waals surface area contributed by atoms with E-state index < -0.39 is 0 Å². The van der Waals surface area contributed by atoms with Crippen molar-refractivity contribution in [2.45, 2.75) is 13.5 Å². The van der Waals surface area contributed by atoms with Gasteiger partial charge in [0.15, 0.2) is 6.61 Å². The van der Waals surface area contributed by atoms with E-state index in [1.807, 2.05) is 36.4 Å². The Kier molecular flexibility index (Phi) is 5.00. The highest BCUT2D eigenvalue weighted by Gasteiger charge is 2.08. The highest BCUT2D eigenvalue weighted by atomic mass is 79.9. The van der Waals surface area contributed by atoms with Crippen LogP contribution in [0.1, 0.15) is 11.5 Å². The van der Waals surface area contributed by atoms with Crippen LogP contribution in [0.15, 0.2) is 55.9 Å². The van der Waals surface area contributed by atoms with Gasteiger partial charge in [-0.2, -0.15) is 0 Å². The van der Waals surface area contributed by atoms with Crippen LogP contribution in [0.4, 0.5) is 0 Å². The lowest BCUT2D eigenvalue weighted by atomic mass is 10.2. The summed E-state index contributed by atoms with van der Waals surface area (Å²) in [5.41, 5.74) is 0.973. The largest absolute Gasteiger partial charge is 0.465 e. The minimum Gasteiger partial charge on any atom is -0.465 e. The molecule has 0 atom stereocenters. The molecule has 0 aliphatic heterocycles. The molecule has 6 nitrogen and oxygen atoms in total. The van der Waals surface area contributed by atoms with Crippen LogP contribution in [0.3, 0.4) is 0 Å². The Morgan fingerprint density at radius 3 is 2.75 bits per heavy atom. The van der Waals surface area contributed by atoms with E-state index in [2.05, 4.69) is 26.4 Å². The molecule has 3 rings (SSSR count). The zero-order valence-electron chi connectivity index (χ0n) is 12.9. The van der Waals surface area contributed by atoms with E-state index in [1.165, 1.54) is 0 Å². The van der Waals surface area contributed by atoms with Crippen LogP contribution in [0.5, 0.6) is 5.88 Å². The van der Waals surface area contributed by atoms with E-state index in [4.69, 9.17) is 13.7 Å². The third kappa shape index (κ3) is 4.26. The molecule has 2 aromatic heterocycles. The van der Waals surface area contributed by atoms with Gasteiger partial charge in [0.25, 0.3) is 11.8 Å². The van der Waals surface area contributed by atoms with E-state index in [1.54, 1.807) is 13.0 Å². The Hall–Kier alpha value is -2.54. The standard InChI is InChI=1S/C17H15BrN2O4/c1-11-8-17(20-24-11)22-10-16(21)19-9-14-6-7-15(23-14)12-2-4-13(18)5-3-12/h2-8H,9-10H2,1H3,(H,19,21). The number of amides is 1. The first kappa shape index (κ1) is 16.3. The van der Waals surface area contributed by atoms with Crippen molar-refractivity contribution in [1.29, 1.82) is 0 Å². The average Bonchev–Trinajstić information content (AvgIpc) is 3.21. The number of ether oxygens (including phenoxy) is 1. The van der Waals surface area contributed by atoms with Gasteiger partial charge in [-0.05, 0) is 36.3 Å². The Morgan fingerprint density at radius 2 is 2.04 bits per heavy atom. The van der Waals surface area contributed by atoms with Crippen LogP contribution >= 0.6 is 15.9 Å². The summed E-state index contributed by atoms with van der Waals surface area (Å²) >= 11 is 3.40. The van der Waals surface area contributed by atoms with E-state index >= 15 is 0 Å². The van der Waals surface area contributed by atoms with Gasteiger partial charge in [-0.25, -0.2) is 0 Å². The van der Waals surface area contributed by atoms with Gasteiger partial charge in [-0.15, -0.1) is 0 Å². The number of aromatic nitrogens is 1. The average molecular weight is 391 g/mol. The zero-order chi connectivity index (χ0) is 16.9. The second-order valence-corrected chi connectivity index (χ2v) is 6.03. The van der Waals surface area contributed by atoms with Gasteiger partial charge in [0.05, 0.1) is 6.54 Å². The summed E-state index contributed by atoms with van der Waals surface area (Å²) in [5.74, 6) is 2.07. The highest BCUT2D eigenvalue weighted by Crippen LogP contribution is 2.23. The molecule has 0 radical (unpaired) electrons. The third-order valence-electron chi connectivity index (χ3n) is 3.21. The van der Waals surface area contributed by atoms with Crippen LogP contribution in [0.2, 0.25) is 0 Å². The number of rotatable bonds is 6. The van der Waals surface area contributed by atoms with E-state index in [9.17, 15) is 4.79 Å². The summed E-state index contributed by atoms with van der Waals surface area (Å²) in [4.78, 5) is 11.8. The lowest BCUT2D eigenvalue weighted by molar-refractivity contribution is -0.123. The maximum Gasteiger partial charge on any atom is 0.258 e. The number of halogens is 1. The first-order valence-electron chi connectivity index (χ1n) is 7.27. The van der Waals surface area contributed by atoms with Gasteiger partial charge in [-0.3, -0.25) is 4.79 Å². The number of benzene rings is 1. The molecule has 2 heterocycles.